The minimum absolute atomic E-state index is 0.0763. The highest BCUT2D eigenvalue weighted by atomic mass is 16.3. The van der Waals surface area contributed by atoms with E-state index in [0.717, 1.165) is 0 Å². The van der Waals surface area contributed by atoms with Crippen LogP contribution < -0.4 is 5.73 Å². The first kappa shape index (κ1) is 14.6. The third kappa shape index (κ3) is 3.80. The number of nitrogens with two attached hydrogens (primary N) is 1. The van der Waals surface area contributed by atoms with E-state index < -0.39 is 30.6 Å². The van der Waals surface area contributed by atoms with Gasteiger partial charge in [-0.15, -0.1) is 0 Å². The van der Waals surface area contributed by atoms with E-state index in [0.29, 0.717) is 5.56 Å². The molecule has 0 aliphatic rings. The molecule has 5 N–H and O–H groups in total. The van der Waals surface area contributed by atoms with E-state index in [1.165, 1.54) is 0 Å². The van der Waals surface area contributed by atoms with Gasteiger partial charge >= 0.3 is 0 Å². The fraction of sp³-hybridized carbons (Fsp3) is 0.462. The number of carbonyl (C=O) groups is 1. The van der Waals surface area contributed by atoms with E-state index in [-0.39, 0.29) is 12.8 Å². The maximum Gasteiger partial charge on any atom is 0.218 e. The lowest BCUT2D eigenvalue weighted by atomic mass is 9.79. The molecule has 1 aromatic carbocycles. The van der Waals surface area contributed by atoms with Gasteiger partial charge in [-0.2, -0.15) is 0 Å². The predicted octanol–water partition coefficient (Wildman–Crippen LogP) is -0.0435. The Morgan fingerprint density at radius 1 is 1.22 bits per heavy atom. The van der Waals surface area contributed by atoms with E-state index in [1.807, 2.05) is 6.07 Å². The normalized spacial score (nSPS) is 13.3. The van der Waals surface area contributed by atoms with Crippen molar-refractivity contribution in [2.45, 2.75) is 18.9 Å². The molecule has 18 heavy (non-hydrogen) atoms. The van der Waals surface area contributed by atoms with Crippen LogP contribution in [0.4, 0.5) is 0 Å². The van der Waals surface area contributed by atoms with Crippen molar-refractivity contribution in [3.8, 4) is 0 Å². The molecule has 0 radical (unpaired) electrons. The summed E-state index contributed by atoms with van der Waals surface area (Å²) in [7, 11) is 0. The first-order valence-electron chi connectivity index (χ1n) is 5.76. The van der Waals surface area contributed by atoms with Crippen molar-refractivity contribution in [2.24, 2.45) is 11.1 Å². The summed E-state index contributed by atoms with van der Waals surface area (Å²) in [5.41, 5.74) is 4.69. The second kappa shape index (κ2) is 6.49. The summed E-state index contributed by atoms with van der Waals surface area (Å²) in [4.78, 5) is 11.0. The van der Waals surface area contributed by atoms with Gasteiger partial charge in [0.25, 0.3) is 0 Å². The number of amides is 1. The van der Waals surface area contributed by atoms with Crippen LogP contribution in [0.3, 0.4) is 0 Å². The third-order valence-corrected chi connectivity index (χ3v) is 3.03. The van der Waals surface area contributed by atoms with Crippen molar-refractivity contribution in [3.05, 3.63) is 35.9 Å². The fourth-order valence-corrected chi connectivity index (χ4v) is 1.94. The molecular formula is C13H19NO4. The van der Waals surface area contributed by atoms with Crippen LogP contribution in [0.2, 0.25) is 0 Å². The van der Waals surface area contributed by atoms with Crippen molar-refractivity contribution in [1.29, 1.82) is 0 Å². The molecule has 0 bridgehead atoms. The summed E-state index contributed by atoms with van der Waals surface area (Å²) in [5, 5.41) is 28.7. The predicted molar refractivity (Wildman–Crippen MR) is 66.4 cm³/mol. The van der Waals surface area contributed by atoms with Crippen molar-refractivity contribution < 1.29 is 20.1 Å². The zero-order valence-corrected chi connectivity index (χ0v) is 10.1. The highest BCUT2D eigenvalue weighted by molar-refractivity contribution is 5.74. The number of benzene rings is 1. The van der Waals surface area contributed by atoms with Crippen LogP contribution in [0.25, 0.3) is 0 Å². The van der Waals surface area contributed by atoms with Gasteiger partial charge in [0.15, 0.2) is 0 Å². The molecule has 0 aliphatic heterocycles. The Labute approximate surface area is 106 Å². The molecule has 0 aromatic heterocycles. The van der Waals surface area contributed by atoms with Gasteiger partial charge in [-0.05, 0) is 12.0 Å². The molecule has 1 amide bonds. The first-order valence-corrected chi connectivity index (χ1v) is 5.76. The van der Waals surface area contributed by atoms with Crippen LogP contribution in [0, 0.1) is 5.41 Å². The summed E-state index contributed by atoms with van der Waals surface area (Å²) < 4.78 is 0. The van der Waals surface area contributed by atoms with Gasteiger partial charge in [0.05, 0.1) is 19.3 Å². The molecule has 0 heterocycles. The summed E-state index contributed by atoms with van der Waals surface area (Å²) in [6.07, 6.45) is -0.943. The SMILES string of the molecule is NC(=O)CC(CO)(CO)CC(O)c1ccccc1. The van der Waals surface area contributed by atoms with Gasteiger partial charge in [0.2, 0.25) is 5.91 Å². The zero-order valence-electron chi connectivity index (χ0n) is 10.1. The number of aliphatic hydroxyl groups excluding tert-OH is 3. The molecule has 0 saturated heterocycles. The van der Waals surface area contributed by atoms with Gasteiger partial charge in [-0.1, -0.05) is 30.3 Å². The number of hydrogen-bond acceptors (Lipinski definition) is 4. The lowest BCUT2D eigenvalue weighted by Gasteiger charge is -2.30. The Morgan fingerprint density at radius 2 is 1.78 bits per heavy atom. The zero-order chi connectivity index (χ0) is 13.6. The Hall–Kier alpha value is -1.43. The van der Waals surface area contributed by atoms with Crippen molar-refractivity contribution >= 4 is 5.91 Å². The highest BCUT2D eigenvalue weighted by Crippen LogP contribution is 2.32. The molecule has 1 rings (SSSR count). The quantitative estimate of drug-likeness (QED) is 0.547. The van der Waals surface area contributed by atoms with Crippen molar-refractivity contribution in [2.75, 3.05) is 13.2 Å². The van der Waals surface area contributed by atoms with E-state index in [4.69, 9.17) is 5.73 Å². The molecule has 5 heteroatoms. The molecule has 1 aromatic rings. The van der Waals surface area contributed by atoms with Gasteiger partial charge < -0.3 is 21.1 Å². The lowest BCUT2D eigenvalue weighted by Crippen LogP contribution is -2.36. The lowest BCUT2D eigenvalue weighted by molar-refractivity contribution is -0.123. The molecule has 1 atom stereocenters. The number of primary amides is 1. The van der Waals surface area contributed by atoms with Gasteiger partial charge in [-0.3, -0.25) is 4.79 Å². The number of aliphatic hydroxyl groups is 3. The number of hydrogen-bond donors (Lipinski definition) is 4. The van der Waals surface area contributed by atoms with Crippen LogP contribution in [0.15, 0.2) is 30.3 Å². The standard InChI is InChI=1S/C13H19NO4/c14-12(18)7-13(8-15,9-16)6-11(17)10-4-2-1-3-5-10/h1-5,11,15-17H,6-9H2,(H2,14,18). The van der Waals surface area contributed by atoms with E-state index in [1.54, 1.807) is 24.3 Å². The number of carbonyl (C=O) groups excluding carboxylic acids is 1. The summed E-state index contributed by atoms with van der Waals surface area (Å²) >= 11 is 0. The van der Waals surface area contributed by atoms with E-state index in [9.17, 15) is 20.1 Å². The molecule has 1 unspecified atom stereocenters. The summed E-state index contributed by atoms with van der Waals surface area (Å²) in [6.45, 7) is -0.813. The molecule has 100 valence electrons. The molecular weight excluding hydrogens is 234 g/mol. The van der Waals surface area contributed by atoms with Crippen molar-refractivity contribution in [3.63, 3.8) is 0 Å². The first-order chi connectivity index (χ1) is 8.53. The average molecular weight is 253 g/mol. The van der Waals surface area contributed by atoms with E-state index >= 15 is 0 Å². The van der Waals surface area contributed by atoms with Crippen LogP contribution >= 0.6 is 0 Å². The molecule has 0 spiro atoms. The molecule has 0 saturated carbocycles. The minimum Gasteiger partial charge on any atom is -0.396 e. The Bertz CT molecular complexity index is 376. The molecule has 5 nitrogen and oxygen atoms in total. The second-order valence-electron chi connectivity index (χ2n) is 4.59. The van der Waals surface area contributed by atoms with Crippen LogP contribution in [0.5, 0.6) is 0 Å². The largest absolute Gasteiger partial charge is 0.396 e. The maximum atomic E-state index is 11.0. The molecule has 0 aliphatic carbocycles. The topological polar surface area (TPSA) is 104 Å². The minimum atomic E-state index is -1.08. The van der Waals surface area contributed by atoms with Gasteiger partial charge in [0, 0.05) is 11.8 Å². The van der Waals surface area contributed by atoms with E-state index in [2.05, 4.69) is 0 Å². The smallest absolute Gasteiger partial charge is 0.218 e. The van der Waals surface area contributed by atoms with Gasteiger partial charge in [0.1, 0.15) is 0 Å². The Kier molecular flexibility index (Phi) is 5.27. The highest BCUT2D eigenvalue weighted by Gasteiger charge is 2.33. The Morgan fingerprint density at radius 3 is 2.22 bits per heavy atom. The Balaban J connectivity index is 2.80. The van der Waals surface area contributed by atoms with Gasteiger partial charge in [-0.25, -0.2) is 0 Å². The number of rotatable bonds is 7. The summed E-state index contributed by atoms with van der Waals surface area (Å²) in [6, 6.07) is 8.88. The van der Waals surface area contributed by atoms with Crippen LogP contribution in [-0.2, 0) is 4.79 Å². The molecule has 0 fully saturated rings. The average Bonchev–Trinajstić information content (AvgIpc) is 2.38. The second-order valence-corrected chi connectivity index (χ2v) is 4.59. The van der Waals surface area contributed by atoms with Crippen molar-refractivity contribution in [1.82, 2.24) is 0 Å². The summed E-state index contributed by atoms with van der Waals surface area (Å²) in [5.74, 6) is -0.613. The van der Waals surface area contributed by atoms with Crippen LogP contribution in [-0.4, -0.2) is 34.4 Å². The maximum absolute atomic E-state index is 11.0. The van der Waals surface area contributed by atoms with Crippen LogP contribution in [0.1, 0.15) is 24.5 Å². The third-order valence-electron chi connectivity index (χ3n) is 3.03. The fourth-order valence-electron chi connectivity index (χ4n) is 1.94. The monoisotopic (exact) mass is 253 g/mol.